The van der Waals surface area contributed by atoms with Crippen molar-refractivity contribution in [2.24, 2.45) is 5.14 Å². The van der Waals surface area contributed by atoms with Crippen LogP contribution in [-0.4, -0.2) is 18.6 Å². The smallest absolute Gasteiger partial charge is 0.238 e. The van der Waals surface area contributed by atoms with Gasteiger partial charge in [0, 0.05) is 20.5 Å². The summed E-state index contributed by atoms with van der Waals surface area (Å²) in [5, 5.41) is 25.3. The van der Waals surface area contributed by atoms with Crippen molar-refractivity contribution in [3.05, 3.63) is 77.0 Å². The molecule has 1 heterocycles. The van der Waals surface area contributed by atoms with Crippen LogP contribution >= 0.6 is 11.3 Å². The molecule has 0 aliphatic carbocycles. The molecule has 1 aromatic heterocycles. The van der Waals surface area contributed by atoms with E-state index < -0.39 is 10.0 Å². The van der Waals surface area contributed by atoms with Crippen LogP contribution in [0.2, 0.25) is 0 Å². The van der Waals surface area contributed by atoms with E-state index in [0.717, 1.165) is 4.70 Å². The van der Waals surface area contributed by atoms with E-state index in [4.69, 9.17) is 5.14 Å². The van der Waals surface area contributed by atoms with Gasteiger partial charge in [0.25, 0.3) is 0 Å². The molecule has 0 unspecified atom stereocenters. The van der Waals surface area contributed by atoms with Crippen molar-refractivity contribution in [3.63, 3.8) is 0 Å². The first-order valence-corrected chi connectivity index (χ1v) is 10.8. The standard InChI is InChI=1S/C21H15NO5S2/c22-29(26,27)14-8-5-12(6-9-14)21-19(13-7-10-16(23)17(24)11-13)20(25)15-3-1-2-4-18(15)28-21/h1-11,23-24H,(H2,22,26,27). The van der Waals surface area contributed by atoms with E-state index in [1.165, 1.54) is 35.6 Å². The predicted molar refractivity (Wildman–Crippen MR) is 114 cm³/mol. The van der Waals surface area contributed by atoms with Gasteiger partial charge in [-0.1, -0.05) is 30.3 Å². The number of hydrogen-bond donors (Lipinski definition) is 3. The zero-order valence-corrected chi connectivity index (χ0v) is 16.5. The molecule has 0 radical (unpaired) electrons. The van der Waals surface area contributed by atoms with Crippen molar-refractivity contribution in [3.8, 4) is 33.1 Å². The molecular weight excluding hydrogens is 410 g/mol. The number of benzene rings is 3. The number of sulfonamides is 1. The summed E-state index contributed by atoms with van der Waals surface area (Å²) in [6.45, 7) is 0. The van der Waals surface area contributed by atoms with Crippen molar-refractivity contribution < 1.29 is 18.6 Å². The van der Waals surface area contributed by atoms with Gasteiger partial charge in [-0.15, -0.1) is 11.3 Å². The first-order chi connectivity index (χ1) is 13.8. The number of hydrogen-bond acceptors (Lipinski definition) is 6. The van der Waals surface area contributed by atoms with Gasteiger partial charge in [-0.3, -0.25) is 4.79 Å². The molecule has 8 heteroatoms. The molecule has 146 valence electrons. The van der Waals surface area contributed by atoms with Crippen LogP contribution in [0, 0.1) is 0 Å². The van der Waals surface area contributed by atoms with E-state index in [1.54, 1.807) is 30.3 Å². The van der Waals surface area contributed by atoms with Crippen LogP contribution in [0.15, 0.2) is 76.4 Å². The molecule has 0 saturated carbocycles. The summed E-state index contributed by atoms with van der Waals surface area (Å²) in [6.07, 6.45) is 0. The Labute approximate surface area is 170 Å². The molecule has 4 rings (SSSR count). The fourth-order valence-corrected chi connectivity index (χ4v) is 4.80. The normalized spacial score (nSPS) is 11.6. The van der Waals surface area contributed by atoms with Gasteiger partial charge in [-0.05, 0) is 47.5 Å². The largest absolute Gasteiger partial charge is 0.504 e. The molecule has 0 saturated heterocycles. The summed E-state index contributed by atoms with van der Waals surface area (Å²) >= 11 is 1.37. The topological polar surface area (TPSA) is 118 Å². The molecule has 0 bridgehead atoms. The van der Waals surface area contributed by atoms with E-state index in [0.29, 0.717) is 27.0 Å². The number of nitrogens with two attached hydrogens (primary N) is 1. The van der Waals surface area contributed by atoms with Crippen molar-refractivity contribution in [2.75, 3.05) is 0 Å². The van der Waals surface area contributed by atoms with Gasteiger partial charge in [0.05, 0.1) is 4.90 Å². The third kappa shape index (κ3) is 3.49. The lowest BCUT2D eigenvalue weighted by Crippen LogP contribution is -2.11. The lowest BCUT2D eigenvalue weighted by molar-refractivity contribution is 0.404. The molecule has 4 N–H and O–H groups in total. The zero-order valence-electron chi connectivity index (χ0n) is 14.9. The van der Waals surface area contributed by atoms with Gasteiger partial charge in [-0.2, -0.15) is 0 Å². The van der Waals surface area contributed by atoms with Gasteiger partial charge in [0.2, 0.25) is 10.0 Å². The van der Waals surface area contributed by atoms with Gasteiger partial charge in [0.15, 0.2) is 16.9 Å². The predicted octanol–water partition coefficient (Wildman–Crippen LogP) is 3.65. The highest BCUT2D eigenvalue weighted by Gasteiger charge is 2.18. The van der Waals surface area contributed by atoms with E-state index in [-0.39, 0.29) is 21.8 Å². The maximum absolute atomic E-state index is 13.3. The Morgan fingerprint density at radius 1 is 0.828 bits per heavy atom. The Balaban J connectivity index is 2.04. The summed E-state index contributed by atoms with van der Waals surface area (Å²) in [6, 6.07) is 17.3. The van der Waals surface area contributed by atoms with Crippen LogP contribution in [0.4, 0.5) is 0 Å². The van der Waals surface area contributed by atoms with Crippen molar-refractivity contribution >= 4 is 31.4 Å². The van der Waals surface area contributed by atoms with E-state index in [1.807, 2.05) is 12.1 Å². The molecule has 0 atom stereocenters. The first-order valence-electron chi connectivity index (χ1n) is 8.47. The minimum Gasteiger partial charge on any atom is -0.504 e. The fraction of sp³-hybridized carbons (Fsp3) is 0. The van der Waals surface area contributed by atoms with E-state index in [9.17, 15) is 23.4 Å². The minimum atomic E-state index is -3.84. The fourth-order valence-electron chi connectivity index (χ4n) is 3.08. The van der Waals surface area contributed by atoms with Gasteiger partial charge in [-0.25, -0.2) is 13.6 Å². The lowest BCUT2D eigenvalue weighted by Gasteiger charge is -2.12. The molecule has 0 aliphatic rings. The molecule has 0 amide bonds. The number of primary sulfonamides is 1. The van der Waals surface area contributed by atoms with Gasteiger partial charge < -0.3 is 10.2 Å². The van der Waals surface area contributed by atoms with E-state index in [2.05, 4.69) is 0 Å². The Morgan fingerprint density at radius 3 is 2.14 bits per heavy atom. The second-order valence-electron chi connectivity index (χ2n) is 6.40. The molecule has 0 spiro atoms. The maximum Gasteiger partial charge on any atom is 0.238 e. The molecule has 4 aromatic rings. The highest BCUT2D eigenvalue weighted by Crippen LogP contribution is 2.39. The van der Waals surface area contributed by atoms with E-state index >= 15 is 0 Å². The van der Waals surface area contributed by atoms with Crippen LogP contribution in [0.1, 0.15) is 0 Å². The maximum atomic E-state index is 13.3. The summed E-state index contributed by atoms with van der Waals surface area (Å²) in [7, 11) is -3.84. The quantitative estimate of drug-likeness (QED) is 0.433. The minimum absolute atomic E-state index is 0.0294. The monoisotopic (exact) mass is 425 g/mol. The average Bonchev–Trinajstić information content (AvgIpc) is 2.70. The van der Waals surface area contributed by atoms with Crippen LogP contribution < -0.4 is 10.6 Å². The molecule has 3 aromatic carbocycles. The average molecular weight is 425 g/mol. The second-order valence-corrected chi connectivity index (χ2v) is 9.02. The SMILES string of the molecule is NS(=O)(=O)c1ccc(-c2sc3ccccc3c(=O)c2-c2ccc(O)c(O)c2)cc1. The summed E-state index contributed by atoms with van der Waals surface area (Å²) in [5.74, 6) is -0.625. The van der Waals surface area contributed by atoms with Crippen LogP contribution in [-0.2, 0) is 10.0 Å². The molecule has 29 heavy (non-hydrogen) atoms. The number of phenolic OH excluding ortho intramolecular Hbond substituents is 2. The first kappa shape index (κ1) is 19.1. The molecule has 6 nitrogen and oxygen atoms in total. The Morgan fingerprint density at radius 2 is 1.48 bits per heavy atom. The third-order valence-electron chi connectivity index (χ3n) is 4.51. The number of rotatable bonds is 3. The Hall–Kier alpha value is -3.20. The van der Waals surface area contributed by atoms with Crippen molar-refractivity contribution in [1.29, 1.82) is 0 Å². The molecule has 0 aliphatic heterocycles. The number of fused-ring (bicyclic) bond motifs is 1. The third-order valence-corrected chi connectivity index (χ3v) is 6.66. The highest BCUT2D eigenvalue weighted by molar-refractivity contribution is 7.89. The van der Waals surface area contributed by atoms with Gasteiger partial charge >= 0.3 is 0 Å². The summed E-state index contributed by atoms with van der Waals surface area (Å²) in [5.41, 5.74) is 1.20. The Bertz CT molecular complexity index is 1410. The molecular formula is C21H15NO5S2. The van der Waals surface area contributed by atoms with Crippen molar-refractivity contribution in [2.45, 2.75) is 4.90 Å². The van der Waals surface area contributed by atoms with Gasteiger partial charge in [0.1, 0.15) is 0 Å². The highest BCUT2D eigenvalue weighted by atomic mass is 32.2. The van der Waals surface area contributed by atoms with Crippen molar-refractivity contribution in [1.82, 2.24) is 0 Å². The second kappa shape index (κ2) is 7.00. The van der Waals surface area contributed by atoms with Crippen LogP contribution in [0.3, 0.4) is 0 Å². The number of phenols is 2. The zero-order chi connectivity index (χ0) is 20.8. The summed E-state index contributed by atoms with van der Waals surface area (Å²) in [4.78, 5) is 13.9. The Kier molecular flexibility index (Phi) is 4.62. The van der Waals surface area contributed by atoms with Crippen LogP contribution in [0.25, 0.3) is 31.7 Å². The molecule has 0 fully saturated rings. The summed E-state index contributed by atoms with van der Waals surface area (Å²) < 4.78 is 23.9. The number of aromatic hydroxyl groups is 2. The lowest BCUT2D eigenvalue weighted by atomic mass is 10.00. The van der Waals surface area contributed by atoms with Crippen LogP contribution in [0.5, 0.6) is 11.5 Å².